The van der Waals surface area contributed by atoms with Crippen LogP contribution in [0, 0.1) is 11.3 Å². The highest BCUT2D eigenvalue weighted by Crippen LogP contribution is 2.39. The van der Waals surface area contributed by atoms with Crippen molar-refractivity contribution < 1.29 is 27.9 Å². The van der Waals surface area contributed by atoms with E-state index in [2.05, 4.69) is 0 Å². The van der Waals surface area contributed by atoms with Crippen molar-refractivity contribution in [2.24, 2.45) is 11.3 Å². The van der Waals surface area contributed by atoms with Gasteiger partial charge in [-0.2, -0.15) is 13.2 Å². The minimum absolute atomic E-state index is 0.0574. The van der Waals surface area contributed by atoms with Crippen LogP contribution in [-0.4, -0.2) is 41.1 Å². The fourth-order valence-corrected chi connectivity index (χ4v) is 2.33. The molecular formula is C11H16F3NO3. The Hall–Kier alpha value is -1.27. The standard InChI is InChI=1S/C11H16F3NO3/c1-7(2)10(9(17)18)3-5-15(6-4-10)8(16)11(12,13)14/h7H,3-6H2,1-2H3,(H,17,18). The number of likely N-dealkylation sites (tertiary alicyclic amines) is 1. The van der Waals surface area contributed by atoms with Crippen molar-refractivity contribution in [2.75, 3.05) is 13.1 Å². The molecule has 1 heterocycles. The van der Waals surface area contributed by atoms with E-state index >= 15 is 0 Å². The summed E-state index contributed by atoms with van der Waals surface area (Å²) < 4.78 is 36.7. The topological polar surface area (TPSA) is 57.6 Å². The normalized spacial score (nSPS) is 20.0. The Balaban J connectivity index is 2.76. The van der Waals surface area contributed by atoms with Gasteiger partial charge in [-0.3, -0.25) is 9.59 Å². The lowest BCUT2D eigenvalue weighted by atomic mass is 9.70. The maximum Gasteiger partial charge on any atom is 0.471 e. The molecule has 7 heteroatoms. The summed E-state index contributed by atoms with van der Waals surface area (Å²) in [6, 6.07) is 0. The predicted molar refractivity (Wildman–Crippen MR) is 56.8 cm³/mol. The minimum atomic E-state index is -4.89. The molecular weight excluding hydrogens is 251 g/mol. The zero-order valence-corrected chi connectivity index (χ0v) is 10.3. The summed E-state index contributed by atoms with van der Waals surface area (Å²) in [6.07, 6.45) is -4.77. The van der Waals surface area contributed by atoms with Gasteiger partial charge in [0.25, 0.3) is 0 Å². The second-order valence-electron chi connectivity index (χ2n) is 4.91. The Morgan fingerprint density at radius 3 is 1.94 bits per heavy atom. The maximum atomic E-state index is 12.2. The zero-order valence-electron chi connectivity index (χ0n) is 10.3. The van der Waals surface area contributed by atoms with Gasteiger partial charge in [-0.1, -0.05) is 13.8 Å². The Labute approximate surface area is 103 Å². The van der Waals surface area contributed by atoms with Crippen LogP contribution >= 0.6 is 0 Å². The van der Waals surface area contributed by atoms with Gasteiger partial charge >= 0.3 is 18.1 Å². The number of hydrogen-bond donors (Lipinski definition) is 1. The molecule has 0 aromatic heterocycles. The first-order valence-electron chi connectivity index (χ1n) is 5.71. The highest BCUT2D eigenvalue weighted by molar-refractivity contribution is 5.82. The summed E-state index contributed by atoms with van der Waals surface area (Å²) >= 11 is 0. The number of nitrogens with zero attached hydrogens (tertiary/aromatic N) is 1. The molecule has 1 rings (SSSR count). The molecule has 0 aromatic carbocycles. The monoisotopic (exact) mass is 267 g/mol. The summed E-state index contributed by atoms with van der Waals surface area (Å²) in [7, 11) is 0. The Bertz CT molecular complexity index is 344. The van der Waals surface area contributed by atoms with Gasteiger partial charge in [0, 0.05) is 13.1 Å². The van der Waals surface area contributed by atoms with Gasteiger partial charge in [0.2, 0.25) is 0 Å². The van der Waals surface area contributed by atoms with Crippen LogP contribution in [-0.2, 0) is 9.59 Å². The van der Waals surface area contributed by atoms with Crippen molar-refractivity contribution in [1.82, 2.24) is 4.90 Å². The van der Waals surface area contributed by atoms with E-state index < -0.39 is 23.5 Å². The van der Waals surface area contributed by atoms with Gasteiger partial charge in [0.15, 0.2) is 0 Å². The van der Waals surface area contributed by atoms with Crippen molar-refractivity contribution in [3.05, 3.63) is 0 Å². The number of carboxylic acids is 1. The third kappa shape index (κ3) is 2.59. The summed E-state index contributed by atoms with van der Waals surface area (Å²) in [5.41, 5.74) is -1.03. The van der Waals surface area contributed by atoms with E-state index in [1.54, 1.807) is 13.8 Å². The second kappa shape index (κ2) is 4.78. The SMILES string of the molecule is CC(C)C1(C(=O)O)CCN(C(=O)C(F)(F)F)CC1. The molecule has 4 nitrogen and oxygen atoms in total. The van der Waals surface area contributed by atoms with Crippen molar-refractivity contribution in [2.45, 2.75) is 32.9 Å². The molecule has 18 heavy (non-hydrogen) atoms. The van der Waals surface area contributed by atoms with Crippen LogP contribution < -0.4 is 0 Å². The molecule has 1 aliphatic heterocycles. The molecule has 0 unspecified atom stereocenters. The van der Waals surface area contributed by atoms with Crippen molar-refractivity contribution in [1.29, 1.82) is 0 Å². The molecule has 1 saturated heterocycles. The maximum absolute atomic E-state index is 12.2. The van der Waals surface area contributed by atoms with E-state index in [0.717, 1.165) is 0 Å². The molecule has 1 N–H and O–H groups in total. The van der Waals surface area contributed by atoms with E-state index in [4.69, 9.17) is 0 Å². The van der Waals surface area contributed by atoms with Gasteiger partial charge < -0.3 is 10.0 Å². The van der Waals surface area contributed by atoms with Crippen LogP contribution in [0.15, 0.2) is 0 Å². The second-order valence-corrected chi connectivity index (χ2v) is 4.91. The number of aliphatic carboxylic acids is 1. The number of carbonyl (C=O) groups excluding carboxylic acids is 1. The minimum Gasteiger partial charge on any atom is -0.481 e. The third-order valence-corrected chi connectivity index (χ3v) is 3.72. The number of halogens is 3. The fraction of sp³-hybridized carbons (Fsp3) is 0.818. The van der Waals surface area contributed by atoms with Crippen molar-refractivity contribution in [3.63, 3.8) is 0 Å². The van der Waals surface area contributed by atoms with E-state index in [0.29, 0.717) is 4.90 Å². The Morgan fingerprint density at radius 1 is 1.22 bits per heavy atom. The number of piperidine rings is 1. The number of rotatable bonds is 2. The fourth-order valence-electron chi connectivity index (χ4n) is 2.33. The summed E-state index contributed by atoms with van der Waals surface area (Å²) in [5, 5.41) is 9.22. The molecule has 1 fully saturated rings. The summed E-state index contributed by atoms with van der Waals surface area (Å²) in [4.78, 5) is 23.0. The first-order chi connectivity index (χ1) is 8.11. The molecule has 0 bridgehead atoms. The number of carbonyl (C=O) groups is 2. The predicted octanol–water partition coefficient (Wildman–Crippen LogP) is 1.90. The molecule has 0 radical (unpaired) electrons. The van der Waals surface area contributed by atoms with Crippen LogP contribution in [0.4, 0.5) is 13.2 Å². The van der Waals surface area contributed by atoms with E-state index in [1.807, 2.05) is 0 Å². The van der Waals surface area contributed by atoms with Crippen molar-refractivity contribution >= 4 is 11.9 Å². The van der Waals surface area contributed by atoms with Crippen LogP contribution in [0.2, 0.25) is 0 Å². The molecule has 0 atom stereocenters. The third-order valence-electron chi connectivity index (χ3n) is 3.72. The smallest absolute Gasteiger partial charge is 0.471 e. The number of alkyl halides is 3. The molecule has 0 saturated carbocycles. The summed E-state index contributed by atoms with van der Waals surface area (Å²) in [6.45, 7) is 3.14. The van der Waals surface area contributed by atoms with Crippen LogP contribution in [0.3, 0.4) is 0 Å². The highest BCUT2D eigenvalue weighted by Gasteiger charge is 2.49. The van der Waals surface area contributed by atoms with Gasteiger partial charge in [0.1, 0.15) is 0 Å². The molecule has 1 aliphatic rings. The quantitative estimate of drug-likeness (QED) is 0.831. The van der Waals surface area contributed by atoms with Gasteiger partial charge in [-0.25, -0.2) is 0 Å². The van der Waals surface area contributed by atoms with Crippen molar-refractivity contribution in [3.8, 4) is 0 Å². The lowest BCUT2D eigenvalue weighted by molar-refractivity contribution is -0.189. The van der Waals surface area contributed by atoms with Crippen LogP contribution in [0.5, 0.6) is 0 Å². The molecule has 0 spiro atoms. The Morgan fingerprint density at radius 2 is 1.67 bits per heavy atom. The largest absolute Gasteiger partial charge is 0.481 e. The average Bonchev–Trinajstić information content (AvgIpc) is 2.26. The first kappa shape index (κ1) is 14.8. The number of hydrogen-bond acceptors (Lipinski definition) is 2. The first-order valence-corrected chi connectivity index (χ1v) is 5.71. The molecule has 1 amide bonds. The van der Waals surface area contributed by atoms with E-state index in [9.17, 15) is 27.9 Å². The lowest BCUT2D eigenvalue weighted by Crippen LogP contribution is -2.51. The average molecular weight is 267 g/mol. The van der Waals surface area contributed by atoms with E-state index in [1.165, 1.54) is 0 Å². The van der Waals surface area contributed by atoms with Gasteiger partial charge in [0.05, 0.1) is 5.41 Å². The summed E-state index contributed by atoms with van der Waals surface area (Å²) in [5.74, 6) is -3.07. The van der Waals surface area contributed by atoms with Crippen LogP contribution in [0.25, 0.3) is 0 Å². The Kier molecular flexibility index (Phi) is 3.92. The van der Waals surface area contributed by atoms with Gasteiger partial charge in [-0.05, 0) is 18.8 Å². The molecule has 104 valence electrons. The molecule has 0 aliphatic carbocycles. The van der Waals surface area contributed by atoms with Gasteiger partial charge in [-0.15, -0.1) is 0 Å². The van der Waals surface area contributed by atoms with E-state index in [-0.39, 0.29) is 31.8 Å². The van der Waals surface area contributed by atoms with Crippen LogP contribution in [0.1, 0.15) is 26.7 Å². The number of amides is 1. The molecule has 0 aromatic rings. The lowest BCUT2D eigenvalue weighted by Gasteiger charge is -2.41. The zero-order chi connectivity index (χ0) is 14.1. The highest BCUT2D eigenvalue weighted by atomic mass is 19.4. The number of carboxylic acid groups (broad SMARTS) is 1.